The third kappa shape index (κ3) is 3.17. The maximum Gasteiger partial charge on any atom is 0.165 e. The molecule has 0 amide bonds. The number of hydrogen-bond donors (Lipinski definition) is 1. The van der Waals surface area contributed by atoms with Crippen LogP contribution in [0.1, 0.15) is 24.2 Å². The van der Waals surface area contributed by atoms with E-state index in [0.717, 1.165) is 17.8 Å². The lowest BCUT2D eigenvalue weighted by atomic mass is 10.0. The van der Waals surface area contributed by atoms with Gasteiger partial charge in [-0.2, -0.15) is 0 Å². The van der Waals surface area contributed by atoms with E-state index in [2.05, 4.69) is 17.2 Å². The predicted molar refractivity (Wildman–Crippen MR) is 76.3 cm³/mol. The Bertz CT molecular complexity index is 568. The van der Waals surface area contributed by atoms with Crippen LogP contribution in [-0.2, 0) is 13.5 Å². The summed E-state index contributed by atoms with van der Waals surface area (Å²) in [5.74, 6) is -0.0560. The second-order valence-electron chi connectivity index (χ2n) is 4.71. The van der Waals surface area contributed by atoms with Crippen molar-refractivity contribution in [2.24, 2.45) is 7.05 Å². The Kier molecular flexibility index (Phi) is 4.74. The molecule has 1 unspecified atom stereocenters. The molecular weight excluding hydrogens is 257 g/mol. The first kappa shape index (κ1) is 14.5. The van der Waals surface area contributed by atoms with Gasteiger partial charge >= 0.3 is 0 Å². The minimum atomic E-state index is -0.328. The molecule has 2 rings (SSSR count). The maximum absolute atomic E-state index is 13.7. The van der Waals surface area contributed by atoms with E-state index >= 15 is 0 Å². The van der Waals surface area contributed by atoms with Crippen molar-refractivity contribution < 1.29 is 9.13 Å². The number of halogens is 1. The number of rotatable bonds is 6. The number of ether oxygens (including phenoxy) is 1. The van der Waals surface area contributed by atoms with Gasteiger partial charge in [-0.3, -0.25) is 0 Å². The Morgan fingerprint density at radius 1 is 1.45 bits per heavy atom. The largest absolute Gasteiger partial charge is 0.494 e. The molecule has 20 heavy (non-hydrogen) atoms. The molecule has 0 spiro atoms. The highest BCUT2D eigenvalue weighted by atomic mass is 19.1. The first-order valence-electron chi connectivity index (χ1n) is 6.67. The average Bonchev–Trinajstić information content (AvgIpc) is 2.85. The molecule has 0 radical (unpaired) electrons. The van der Waals surface area contributed by atoms with E-state index in [-0.39, 0.29) is 17.6 Å². The minimum Gasteiger partial charge on any atom is -0.494 e. The van der Waals surface area contributed by atoms with Gasteiger partial charge in [-0.05, 0) is 30.7 Å². The highest BCUT2D eigenvalue weighted by Gasteiger charge is 2.15. The molecule has 4 nitrogen and oxygen atoms in total. The fraction of sp³-hybridized carbons (Fsp3) is 0.400. The zero-order valence-electron chi connectivity index (χ0n) is 12.1. The molecule has 1 N–H and O–H groups in total. The van der Waals surface area contributed by atoms with E-state index in [1.807, 2.05) is 23.9 Å². The maximum atomic E-state index is 13.7. The summed E-state index contributed by atoms with van der Waals surface area (Å²) in [6, 6.07) is 5.19. The van der Waals surface area contributed by atoms with Gasteiger partial charge in [-0.15, -0.1) is 0 Å². The third-order valence-corrected chi connectivity index (χ3v) is 3.32. The van der Waals surface area contributed by atoms with Crippen molar-refractivity contribution >= 4 is 0 Å². The molecule has 1 atom stereocenters. The number of benzene rings is 1. The SMILES string of the molecule is CCNC(Cc1ccc(OC)c(F)c1)c1cncn1C. The van der Waals surface area contributed by atoms with Crippen LogP contribution >= 0.6 is 0 Å². The summed E-state index contributed by atoms with van der Waals surface area (Å²) in [5.41, 5.74) is 2.01. The fourth-order valence-corrected chi connectivity index (χ4v) is 2.30. The van der Waals surface area contributed by atoms with Gasteiger partial charge in [0.05, 0.1) is 25.2 Å². The molecule has 108 valence electrons. The van der Waals surface area contributed by atoms with E-state index in [1.165, 1.54) is 13.2 Å². The number of likely N-dealkylation sites (N-methyl/N-ethyl adjacent to an activating group) is 1. The monoisotopic (exact) mass is 277 g/mol. The molecule has 5 heteroatoms. The van der Waals surface area contributed by atoms with Crippen molar-refractivity contribution in [2.75, 3.05) is 13.7 Å². The third-order valence-electron chi connectivity index (χ3n) is 3.32. The van der Waals surface area contributed by atoms with Crippen molar-refractivity contribution in [3.05, 3.63) is 47.8 Å². The summed E-state index contributed by atoms with van der Waals surface area (Å²) in [5, 5.41) is 3.41. The van der Waals surface area contributed by atoms with Crippen LogP contribution in [0, 0.1) is 5.82 Å². The van der Waals surface area contributed by atoms with E-state index in [1.54, 1.807) is 12.4 Å². The van der Waals surface area contributed by atoms with Gasteiger partial charge in [0.15, 0.2) is 11.6 Å². The molecule has 1 aromatic heterocycles. The van der Waals surface area contributed by atoms with Gasteiger partial charge in [0.1, 0.15) is 0 Å². The van der Waals surface area contributed by atoms with Crippen LogP contribution in [0.25, 0.3) is 0 Å². The second kappa shape index (κ2) is 6.52. The average molecular weight is 277 g/mol. The van der Waals surface area contributed by atoms with Crippen LogP contribution in [0.2, 0.25) is 0 Å². The van der Waals surface area contributed by atoms with Gasteiger partial charge in [-0.25, -0.2) is 9.37 Å². The fourth-order valence-electron chi connectivity index (χ4n) is 2.30. The molecular formula is C15H20FN3O. The van der Waals surface area contributed by atoms with Crippen molar-refractivity contribution in [2.45, 2.75) is 19.4 Å². The number of hydrogen-bond acceptors (Lipinski definition) is 3. The number of methoxy groups -OCH3 is 1. The molecule has 0 aliphatic heterocycles. The van der Waals surface area contributed by atoms with E-state index < -0.39 is 0 Å². The predicted octanol–water partition coefficient (Wildman–Crippen LogP) is 2.46. The Morgan fingerprint density at radius 2 is 2.25 bits per heavy atom. The zero-order valence-corrected chi connectivity index (χ0v) is 12.1. The summed E-state index contributed by atoms with van der Waals surface area (Å²) in [4.78, 5) is 4.14. The van der Waals surface area contributed by atoms with Crippen molar-refractivity contribution in [1.29, 1.82) is 0 Å². The minimum absolute atomic E-state index is 0.111. The van der Waals surface area contributed by atoms with Crippen LogP contribution in [0.4, 0.5) is 4.39 Å². The number of aromatic nitrogens is 2. The van der Waals surface area contributed by atoms with E-state index in [4.69, 9.17) is 4.74 Å². The number of nitrogens with zero attached hydrogens (tertiary/aromatic N) is 2. The Morgan fingerprint density at radius 3 is 2.80 bits per heavy atom. The molecule has 0 fully saturated rings. The van der Waals surface area contributed by atoms with Crippen molar-refractivity contribution in [1.82, 2.24) is 14.9 Å². The Labute approximate surface area is 118 Å². The van der Waals surface area contributed by atoms with E-state index in [9.17, 15) is 4.39 Å². The van der Waals surface area contributed by atoms with Crippen molar-refractivity contribution in [3.8, 4) is 5.75 Å². The number of nitrogens with one attached hydrogen (secondary N) is 1. The lowest BCUT2D eigenvalue weighted by Crippen LogP contribution is -2.24. The van der Waals surface area contributed by atoms with Crippen molar-refractivity contribution in [3.63, 3.8) is 0 Å². The molecule has 0 saturated carbocycles. The first-order chi connectivity index (χ1) is 9.65. The normalized spacial score (nSPS) is 12.4. The number of imidazole rings is 1. The van der Waals surface area contributed by atoms with Gasteiger partial charge in [0.2, 0.25) is 0 Å². The summed E-state index contributed by atoms with van der Waals surface area (Å²) in [6.07, 6.45) is 4.32. The summed E-state index contributed by atoms with van der Waals surface area (Å²) < 4.78 is 20.7. The van der Waals surface area contributed by atoms with Crippen LogP contribution < -0.4 is 10.1 Å². The molecule has 0 aliphatic rings. The van der Waals surface area contributed by atoms with Gasteiger partial charge in [0, 0.05) is 13.2 Å². The molecule has 0 saturated heterocycles. The topological polar surface area (TPSA) is 39.1 Å². The Balaban J connectivity index is 2.20. The summed E-state index contributed by atoms with van der Waals surface area (Å²) >= 11 is 0. The molecule has 1 aromatic carbocycles. The standard InChI is InChI=1S/C15H20FN3O/c1-4-18-13(14-9-17-10-19(14)2)8-11-5-6-15(20-3)12(16)7-11/h5-7,9-10,13,18H,4,8H2,1-3H3. The van der Waals surface area contributed by atoms with Crippen LogP contribution in [-0.4, -0.2) is 23.2 Å². The zero-order chi connectivity index (χ0) is 14.5. The summed E-state index contributed by atoms with van der Waals surface area (Å²) in [7, 11) is 3.43. The molecule has 0 aliphatic carbocycles. The highest BCUT2D eigenvalue weighted by Crippen LogP contribution is 2.22. The van der Waals surface area contributed by atoms with Gasteiger partial charge in [-0.1, -0.05) is 13.0 Å². The molecule has 1 heterocycles. The molecule has 2 aromatic rings. The second-order valence-corrected chi connectivity index (χ2v) is 4.71. The lowest BCUT2D eigenvalue weighted by molar-refractivity contribution is 0.386. The van der Waals surface area contributed by atoms with Gasteiger partial charge < -0.3 is 14.6 Å². The summed E-state index contributed by atoms with van der Waals surface area (Å²) in [6.45, 7) is 2.90. The quantitative estimate of drug-likeness (QED) is 0.881. The van der Waals surface area contributed by atoms with E-state index in [0.29, 0.717) is 6.42 Å². The molecule has 0 bridgehead atoms. The van der Waals surface area contributed by atoms with Gasteiger partial charge in [0.25, 0.3) is 0 Å². The Hall–Kier alpha value is -1.88. The van der Waals surface area contributed by atoms with Crippen LogP contribution in [0.3, 0.4) is 0 Å². The highest BCUT2D eigenvalue weighted by molar-refractivity contribution is 5.30. The lowest BCUT2D eigenvalue weighted by Gasteiger charge is -2.18. The first-order valence-corrected chi connectivity index (χ1v) is 6.67. The van der Waals surface area contributed by atoms with Crippen LogP contribution in [0.15, 0.2) is 30.7 Å². The van der Waals surface area contributed by atoms with Crippen LogP contribution in [0.5, 0.6) is 5.75 Å². The number of aryl methyl sites for hydroxylation is 1. The smallest absolute Gasteiger partial charge is 0.165 e.